The fourth-order valence-electron chi connectivity index (χ4n) is 3.05. The van der Waals surface area contributed by atoms with Crippen molar-refractivity contribution in [2.75, 3.05) is 16.6 Å². The van der Waals surface area contributed by atoms with E-state index in [9.17, 15) is 22.0 Å². The van der Waals surface area contributed by atoms with Gasteiger partial charge in [0.15, 0.2) is 0 Å². The van der Waals surface area contributed by atoms with Crippen molar-refractivity contribution in [3.8, 4) is 11.5 Å². The molecule has 3 aromatic carbocycles. The quantitative estimate of drug-likeness (QED) is 0.381. The minimum absolute atomic E-state index is 0.0226. The third kappa shape index (κ3) is 7.40. The van der Waals surface area contributed by atoms with E-state index in [-0.39, 0.29) is 41.0 Å². The molecule has 0 spiro atoms. The second-order valence-corrected chi connectivity index (χ2v) is 9.43. The lowest BCUT2D eigenvalue weighted by Crippen LogP contribution is -2.17. The van der Waals surface area contributed by atoms with Crippen LogP contribution in [0.2, 0.25) is 0 Å². The van der Waals surface area contributed by atoms with E-state index in [2.05, 4.69) is 14.8 Å². The van der Waals surface area contributed by atoms with E-state index in [1.165, 1.54) is 45.6 Å². The average Bonchev–Trinajstić information content (AvgIpc) is 2.73. The summed E-state index contributed by atoms with van der Waals surface area (Å²) in [7, 11) is -2.91. The molecule has 1 amide bonds. The minimum Gasteiger partial charge on any atom is -0.492 e. The lowest BCUT2D eigenvalue weighted by Gasteiger charge is -2.16. The zero-order chi connectivity index (χ0) is 24.8. The van der Waals surface area contributed by atoms with E-state index in [0.29, 0.717) is 5.69 Å². The Bertz CT molecular complexity index is 1250. The van der Waals surface area contributed by atoms with E-state index >= 15 is 0 Å². The van der Waals surface area contributed by atoms with Crippen LogP contribution in [0.4, 0.5) is 20.2 Å². The number of benzene rings is 3. The van der Waals surface area contributed by atoms with Gasteiger partial charge in [-0.1, -0.05) is 36.4 Å². The second-order valence-electron chi connectivity index (χ2n) is 7.10. The van der Waals surface area contributed by atoms with Crippen LogP contribution >= 0.6 is 9.24 Å². The third-order valence-electron chi connectivity index (χ3n) is 4.36. The van der Waals surface area contributed by atoms with Gasteiger partial charge in [0.05, 0.1) is 18.7 Å². The van der Waals surface area contributed by atoms with Crippen LogP contribution in [0.1, 0.15) is 12.5 Å². The van der Waals surface area contributed by atoms with Crippen LogP contribution in [0.5, 0.6) is 11.5 Å². The van der Waals surface area contributed by atoms with Gasteiger partial charge in [0.1, 0.15) is 16.4 Å². The Kier molecular flexibility index (Phi) is 8.06. The highest BCUT2D eigenvalue weighted by Gasteiger charge is 2.24. The number of anilines is 2. The molecule has 11 heteroatoms. The van der Waals surface area contributed by atoms with Crippen LogP contribution in [0.25, 0.3) is 0 Å². The second kappa shape index (κ2) is 10.8. The van der Waals surface area contributed by atoms with Crippen molar-refractivity contribution in [3.63, 3.8) is 0 Å². The van der Waals surface area contributed by atoms with E-state index in [4.69, 9.17) is 4.74 Å². The first kappa shape index (κ1) is 25.4. The van der Waals surface area contributed by atoms with Crippen LogP contribution in [0.15, 0.2) is 77.7 Å². The number of carbonyl (C=O) groups excluding carboxylic acids is 1. The molecule has 0 aliphatic carbocycles. The number of carbonyl (C=O) groups is 1. The molecular weight excluding hydrogens is 485 g/mol. The molecule has 0 aromatic heterocycles. The zero-order valence-electron chi connectivity index (χ0n) is 18.1. The number of ether oxygens (including phenoxy) is 2. The lowest BCUT2D eigenvalue weighted by atomic mass is 10.1. The fourth-order valence-corrected chi connectivity index (χ4v) is 4.37. The molecule has 0 aliphatic rings. The average molecular weight is 508 g/mol. The maximum atomic E-state index is 13.1. The number of hydrogen-bond donors (Lipinski definition) is 2. The van der Waals surface area contributed by atoms with Crippen LogP contribution in [0.3, 0.4) is 0 Å². The van der Waals surface area contributed by atoms with Crippen LogP contribution < -0.4 is 19.5 Å². The monoisotopic (exact) mass is 508 g/mol. The van der Waals surface area contributed by atoms with Gasteiger partial charge in [-0.05, 0) is 46.0 Å². The maximum Gasteiger partial charge on any atom is 0.408 e. The molecule has 2 N–H and O–H groups in total. The van der Waals surface area contributed by atoms with Crippen molar-refractivity contribution in [2.24, 2.45) is 0 Å². The predicted molar refractivity (Wildman–Crippen MR) is 129 cm³/mol. The molecule has 0 fully saturated rings. The number of amides is 1. The van der Waals surface area contributed by atoms with Gasteiger partial charge < -0.3 is 14.8 Å². The van der Waals surface area contributed by atoms with Crippen molar-refractivity contribution in [1.29, 1.82) is 0 Å². The number of hydrogen-bond acceptors (Lipinski definition) is 5. The third-order valence-corrected chi connectivity index (χ3v) is 5.90. The summed E-state index contributed by atoms with van der Waals surface area (Å²) in [6.45, 7) is 1.87. The summed E-state index contributed by atoms with van der Waals surface area (Å²) >= 11 is 0. The van der Waals surface area contributed by atoms with E-state index < -0.39 is 15.9 Å². The van der Waals surface area contributed by atoms with Crippen molar-refractivity contribution in [2.45, 2.75) is 24.1 Å². The van der Waals surface area contributed by atoms with Gasteiger partial charge in [0.2, 0.25) is 5.91 Å². The Morgan fingerprint density at radius 3 is 2.41 bits per heavy atom. The summed E-state index contributed by atoms with van der Waals surface area (Å²) in [5.74, 6) is -3.97. The van der Waals surface area contributed by atoms with Crippen LogP contribution in [0, 0.1) is 0 Å². The van der Waals surface area contributed by atoms with Gasteiger partial charge in [0.25, 0.3) is 10.0 Å². The molecule has 1 unspecified atom stereocenters. The molecule has 180 valence electrons. The standard InChI is InChI=1S/C23H23F2N2O5PS/c1-2-31-20-15-17(26-22(28)13-16-7-4-3-5-8-16)11-12-21(20)34(29,30)27-18-9-6-10-19(14-18)32-23(24,25)33/h3-12,14-15,27H,2,13,33H2,1H3,(H,26,28). The van der Waals surface area contributed by atoms with Crippen molar-refractivity contribution < 1.29 is 31.5 Å². The van der Waals surface area contributed by atoms with E-state index in [1.807, 2.05) is 30.3 Å². The highest BCUT2D eigenvalue weighted by atomic mass is 32.2. The van der Waals surface area contributed by atoms with E-state index in [0.717, 1.165) is 11.6 Å². The first-order chi connectivity index (χ1) is 16.1. The van der Waals surface area contributed by atoms with Crippen molar-refractivity contribution >= 4 is 36.5 Å². The highest BCUT2D eigenvalue weighted by Crippen LogP contribution is 2.32. The number of sulfonamides is 1. The zero-order valence-corrected chi connectivity index (χ0v) is 20.1. The summed E-state index contributed by atoms with van der Waals surface area (Å²) in [5, 5.41) is 2.72. The van der Waals surface area contributed by atoms with Gasteiger partial charge in [-0.25, -0.2) is 8.42 Å². The van der Waals surface area contributed by atoms with Gasteiger partial charge in [-0.2, -0.15) is 8.78 Å². The van der Waals surface area contributed by atoms with Crippen molar-refractivity contribution in [3.05, 3.63) is 78.4 Å². The molecule has 34 heavy (non-hydrogen) atoms. The largest absolute Gasteiger partial charge is 0.492 e. The maximum absolute atomic E-state index is 13.1. The lowest BCUT2D eigenvalue weighted by molar-refractivity contribution is -0.115. The first-order valence-corrected chi connectivity index (χ1v) is 12.2. The molecule has 3 rings (SSSR count). The molecule has 7 nitrogen and oxygen atoms in total. The van der Waals surface area contributed by atoms with Gasteiger partial charge in [-0.3, -0.25) is 9.52 Å². The minimum atomic E-state index is -4.16. The number of nitrogens with one attached hydrogen (secondary N) is 2. The topological polar surface area (TPSA) is 93.7 Å². The molecule has 1 atom stereocenters. The molecule has 0 radical (unpaired) electrons. The SMILES string of the molecule is CCOc1cc(NC(=O)Cc2ccccc2)ccc1S(=O)(=O)Nc1cccc(OC(F)(F)P)c1. The Morgan fingerprint density at radius 1 is 1.00 bits per heavy atom. The number of alkyl halides is 2. The molecule has 0 saturated carbocycles. The Labute approximate surface area is 198 Å². The molecule has 0 aliphatic heterocycles. The van der Waals surface area contributed by atoms with Gasteiger partial charge in [-0.15, -0.1) is 0 Å². The van der Waals surface area contributed by atoms with Crippen molar-refractivity contribution in [1.82, 2.24) is 0 Å². The molecule has 0 saturated heterocycles. The smallest absolute Gasteiger partial charge is 0.408 e. The first-order valence-electron chi connectivity index (χ1n) is 10.1. The fraction of sp³-hybridized carbons (Fsp3) is 0.174. The normalized spacial score (nSPS) is 11.5. The molecule has 0 heterocycles. The molecular formula is C23H23F2N2O5PS. The predicted octanol–water partition coefficient (Wildman–Crippen LogP) is 4.87. The Balaban J connectivity index is 1.80. The van der Waals surface area contributed by atoms with Crippen LogP contribution in [-0.2, 0) is 21.2 Å². The van der Waals surface area contributed by atoms with Crippen LogP contribution in [-0.4, -0.2) is 26.8 Å². The Morgan fingerprint density at radius 2 is 1.74 bits per heavy atom. The van der Waals surface area contributed by atoms with E-state index in [1.54, 1.807) is 6.92 Å². The number of halogens is 2. The number of rotatable bonds is 10. The van der Waals surface area contributed by atoms with Gasteiger partial charge >= 0.3 is 5.85 Å². The van der Waals surface area contributed by atoms with Gasteiger partial charge in [0, 0.05) is 17.8 Å². The summed E-state index contributed by atoms with van der Waals surface area (Å²) in [6, 6.07) is 18.5. The summed E-state index contributed by atoms with van der Waals surface area (Å²) in [6.07, 6.45) is 0.153. The molecule has 3 aromatic rings. The summed E-state index contributed by atoms with van der Waals surface area (Å²) in [5.41, 5.74) is 1.22. The Hall–Kier alpha value is -3.23. The highest BCUT2D eigenvalue weighted by molar-refractivity contribution is 7.92. The summed E-state index contributed by atoms with van der Waals surface area (Å²) < 4.78 is 64.4. The summed E-state index contributed by atoms with van der Waals surface area (Å²) in [4.78, 5) is 12.2. The molecule has 0 bridgehead atoms.